The molecule has 0 saturated heterocycles. The summed E-state index contributed by atoms with van der Waals surface area (Å²) in [5, 5.41) is 14.3. The Morgan fingerprint density at radius 1 is 1.15 bits per heavy atom. The number of aryl methyl sites for hydroxylation is 1. The van der Waals surface area contributed by atoms with Gasteiger partial charge in [0.2, 0.25) is 0 Å². The highest BCUT2D eigenvalue weighted by atomic mass is 79.9. The van der Waals surface area contributed by atoms with Gasteiger partial charge in [0.05, 0.1) is 16.7 Å². The van der Waals surface area contributed by atoms with E-state index in [0.717, 1.165) is 10.0 Å². The van der Waals surface area contributed by atoms with Crippen LogP contribution in [0.25, 0.3) is 0 Å². The van der Waals surface area contributed by atoms with Gasteiger partial charge in [-0.2, -0.15) is 5.10 Å². The number of halogens is 1. The molecule has 0 aliphatic carbocycles. The average molecular weight is 420 g/mol. The third-order valence-corrected chi connectivity index (χ3v) is 3.72. The maximum atomic E-state index is 11.8. The number of carboxylic acids is 1. The van der Waals surface area contributed by atoms with Gasteiger partial charge in [0.25, 0.3) is 5.91 Å². The van der Waals surface area contributed by atoms with Crippen LogP contribution in [0.3, 0.4) is 0 Å². The standard InChI is InChI=1S/C18H17BrN2O5/c1-12-6-7-16(14(19)8-12)25-10-17(22)21-20-9-13-4-2-3-5-15(13)26-11-18(23)24/h2-9H,10-11H2,1H3,(H,21,22)(H,23,24)/p-1. The zero-order chi connectivity index (χ0) is 18.9. The lowest BCUT2D eigenvalue weighted by Gasteiger charge is -2.09. The van der Waals surface area contributed by atoms with Crippen molar-refractivity contribution in [3.8, 4) is 11.5 Å². The summed E-state index contributed by atoms with van der Waals surface area (Å²) in [5.74, 6) is -0.906. The first kappa shape index (κ1) is 19.5. The summed E-state index contributed by atoms with van der Waals surface area (Å²) in [7, 11) is 0. The molecular weight excluding hydrogens is 404 g/mol. The molecule has 1 N–H and O–H groups in total. The van der Waals surface area contributed by atoms with Crippen molar-refractivity contribution < 1.29 is 24.2 Å². The zero-order valence-electron chi connectivity index (χ0n) is 13.9. The second-order valence-corrected chi connectivity index (χ2v) is 6.07. The van der Waals surface area contributed by atoms with E-state index in [9.17, 15) is 14.7 Å². The second-order valence-electron chi connectivity index (χ2n) is 5.21. The number of aliphatic carboxylic acids is 1. The molecule has 0 aromatic heterocycles. The topological polar surface area (TPSA) is 100 Å². The highest BCUT2D eigenvalue weighted by Gasteiger charge is 2.05. The molecule has 2 aromatic rings. The molecule has 0 spiro atoms. The van der Waals surface area contributed by atoms with Crippen molar-refractivity contribution in [2.75, 3.05) is 13.2 Å². The van der Waals surface area contributed by atoms with Crippen LogP contribution in [0.5, 0.6) is 11.5 Å². The summed E-state index contributed by atoms with van der Waals surface area (Å²) < 4.78 is 11.3. The summed E-state index contributed by atoms with van der Waals surface area (Å²) in [6, 6.07) is 12.2. The highest BCUT2D eigenvalue weighted by molar-refractivity contribution is 9.10. The molecule has 0 bridgehead atoms. The predicted molar refractivity (Wildman–Crippen MR) is 97.1 cm³/mol. The number of hydrogen-bond acceptors (Lipinski definition) is 6. The number of nitrogens with zero attached hydrogens (tertiary/aromatic N) is 1. The Morgan fingerprint density at radius 3 is 2.62 bits per heavy atom. The van der Waals surface area contributed by atoms with Gasteiger partial charge < -0.3 is 19.4 Å². The lowest BCUT2D eigenvalue weighted by Crippen LogP contribution is -2.29. The van der Waals surface area contributed by atoms with Crippen LogP contribution in [-0.2, 0) is 9.59 Å². The van der Waals surface area contributed by atoms with Gasteiger partial charge in [0.1, 0.15) is 18.1 Å². The lowest BCUT2D eigenvalue weighted by atomic mass is 10.2. The molecule has 2 aromatic carbocycles. The van der Waals surface area contributed by atoms with Crippen molar-refractivity contribution in [1.82, 2.24) is 5.43 Å². The van der Waals surface area contributed by atoms with E-state index in [1.54, 1.807) is 30.3 Å². The largest absolute Gasteiger partial charge is 0.546 e. The number of ether oxygens (including phenoxy) is 2. The number of carbonyl (C=O) groups is 2. The Kier molecular flexibility index (Phi) is 7.16. The van der Waals surface area contributed by atoms with Crippen LogP contribution in [0.15, 0.2) is 52.0 Å². The first-order valence-corrected chi connectivity index (χ1v) is 8.37. The Bertz CT molecular complexity index is 823. The molecule has 26 heavy (non-hydrogen) atoms. The minimum absolute atomic E-state index is 0.207. The lowest BCUT2D eigenvalue weighted by molar-refractivity contribution is -0.307. The van der Waals surface area contributed by atoms with Gasteiger partial charge in [0, 0.05) is 5.56 Å². The molecule has 0 heterocycles. The van der Waals surface area contributed by atoms with Crippen LogP contribution in [0.1, 0.15) is 11.1 Å². The van der Waals surface area contributed by atoms with Gasteiger partial charge in [-0.25, -0.2) is 5.43 Å². The van der Waals surface area contributed by atoms with Crippen molar-refractivity contribution in [2.45, 2.75) is 6.92 Å². The second kappa shape index (κ2) is 9.57. The van der Waals surface area contributed by atoms with Crippen LogP contribution in [0.2, 0.25) is 0 Å². The van der Waals surface area contributed by atoms with Crippen LogP contribution >= 0.6 is 15.9 Å². The number of hydrazone groups is 1. The van der Waals surface area contributed by atoms with Crippen LogP contribution in [0.4, 0.5) is 0 Å². The number of para-hydroxylation sites is 1. The average Bonchev–Trinajstić information content (AvgIpc) is 2.60. The summed E-state index contributed by atoms with van der Waals surface area (Å²) in [5.41, 5.74) is 3.91. The Morgan fingerprint density at radius 2 is 1.88 bits per heavy atom. The number of nitrogens with one attached hydrogen (secondary N) is 1. The van der Waals surface area contributed by atoms with Crippen LogP contribution < -0.4 is 20.0 Å². The molecule has 0 atom stereocenters. The van der Waals surface area contributed by atoms with E-state index in [2.05, 4.69) is 26.5 Å². The molecule has 0 fully saturated rings. The Labute approximate surface area is 158 Å². The monoisotopic (exact) mass is 419 g/mol. The van der Waals surface area contributed by atoms with Crippen LogP contribution in [0, 0.1) is 6.92 Å². The fourth-order valence-corrected chi connectivity index (χ4v) is 2.54. The van der Waals surface area contributed by atoms with E-state index in [4.69, 9.17) is 9.47 Å². The maximum Gasteiger partial charge on any atom is 0.277 e. The molecule has 0 aliphatic heterocycles. The van der Waals surface area contributed by atoms with Gasteiger partial charge in [0.15, 0.2) is 6.61 Å². The maximum absolute atomic E-state index is 11.8. The first-order valence-electron chi connectivity index (χ1n) is 7.58. The van der Waals surface area contributed by atoms with Crippen LogP contribution in [-0.4, -0.2) is 31.3 Å². The summed E-state index contributed by atoms with van der Waals surface area (Å²) in [6.07, 6.45) is 1.35. The molecule has 0 aliphatic rings. The molecule has 1 amide bonds. The molecule has 2 rings (SSSR count). The Hall–Kier alpha value is -2.87. The quantitative estimate of drug-likeness (QED) is 0.514. The van der Waals surface area contributed by atoms with E-state index >= 15 is 0 Å². The number of carboxylic acid groups (broad SMARTS) is 1. The normalized spacial score (nSPS) is 10.5. The minimum Gasteiger partial charge on any atom is -0.546 e. The predicted octanol–water partition coefficient (Wildman–Crippen LogP) is 1.42. The molecule has 136 valence electrons. The van der Waals surface area contributed by atoms with Gasteiger partial charge in [-0.3, -0.25) is 4.79 Å². The number of hydrogen-bond donors (Lipinski definition) is 1. The zero-order valence-corrected chi connectivity index (χ0v) is 15.5. The third kappa shape index (κ3) is 6.21. The van der Waals surface area contributed by atoms with Gasteiger partial charge >= 0.3 is 0 Å². The number of amides is 1. The molecular formula is C18H16BrN2O5-. The van der Waals surface area contributed by atoms with Crippen molar-refractivity contribution in [2.24, 2.45) is 5.10 Å². The van der Waals surface area contributed by atoms with E-state index in [1.165, 1.54) is 6.21 Å². The van der Waals surface area contributed by atoms with Gasteiger partial charge in [-0.15, -0.1) is 0 Å². The molecule has 8 heteroatoms. The fourth-order valence-electron chi connectivity index (χ4n) is 1.93. The molecule has 7 nitrogen and oxygen atoms in total. The minimum atomic E-state index is -1.33. The Balaban J connectivity index is 1.88. The van der Waals surface area contributed by atoms with E-state index in [0.29, 0.717) is 17.1 Å². The fraction of sp³-hybridized carbons (Fsp3) is 0.167. The van der Waals surface area contributed by atoms with Crippen molar-refractivity contribution in [3.63, 3.8) is 0 Å². The van der Waals surface area contributed by atoms with Gasteiger partial charge in [-0.05, 0) is 52.7 Å². The summed E-state index contributed by atoms with van der Waals surface area (Å²) in [4.78, 5) is 22.3. The van der Waals surface area contributed by atoms with Crippen molar-refractivity contribution in [3.05, 3.63) is 58.1 Å². The van der Waals surface area contributed by atoms with Gasteiger partial charge in [-0.1, -0.05) is 18.2 Å². The number of benzene rings is 2. The van der Waals surface area contributed by atoms with E-state index < -0.39 is 18.5 Å². The SMILES string of the molecule is Cc1ccc(OCC(=O)NN=Cc2ccccc2OCC(=O)[O-])c(Br)c1. The number of rotatable bonds is 8. The summed E-state index contributed by atoms with van der Waals surface area (Å²) >= 11 is 3.37. The molecule has 0 saturated carbocycles. The number of carbonyl (C=O) groups excluding carboxylic acids is 2. The summed E-state index contributed by atoms with van der Waals surface area (Å²) in [6.45, 7) is 1.17. The molecule has 0 radical (unpaired) electrons. The van der Waals surface area contributed by atoms with Crippen molar-refractivity contribution >= 4 is 34.0 Å². The molecule has 0 unspecified atom stereocenters. The van der Waals surface area contributed by atoms with E-state index in [1.807, 2.05) is 19.1 Å². The first-order chi connectivity index (χ1) is 12.5. The van der Waals surface area contributed by atoms with Crippen molar-refractivity contribution in [1.29, 1.82) is 0 Å². The smallest absolute Gasteiger partial charge is 0.277 e. The third-order valence-electron chi connectivity index (χ3n) is 3.10. The van der Waals surface area contributed by atoms with E-state index in [-0.39, 0.29) is 6.61 Å². The highest BCUT2D eigenvalue weighted by Crippen LogP contribution is 2.25.